The molecular formula is C15H15FO2. The molecule has 1 atom stereocenters. The maximum atomic E-state index is 13.8. The van der Waals surface area contributed by atoms with E-state index in [9.17, 15) is 9.50 Å². The third-order valence-electron chi connectivity index (χ3n) is 2.66. The van der Waals surface area contributed by atoms with Crippen molar-refractivity contribution in [3.63, 3.8) is 0 Å². The van der Waals surface area contributed by atoms with Crippen molar-refractivity contribution in [1.82, 2.24) is 0 Å². The second kappa shape index (κ2) is 5.19. The minimum Gasteiger partial charge on any atom is -0.454 e. The van der Waals surface area contributed by atoms with Gasteiger partial charge in [0, 0.05) is 5.56 Å². The van der Waals surface area contributed by atoms with E-state index < -0.39 is 11.9 Å². The smallest absolute Gasteiger partial charge is 0.168 e. The predicted molar refractivity (Wildman–Crippen MR) is 68.3 cm³/mol. The van der Waals surface area contributed by atoms with Gasteiger partial charge in [-0.1, -0.05) is 24.3 Å². The summed E-state index contributed by atoms with van der Waals surface area (Å²) in [7, 11) is 0. The van der Waals surface area contributed by atoms with E-state index in [2.05, 4.69) is 0 Å². The van der Waals surface area contributed by atoms with E-state index in [4.69, 9.17) is 4.74 Å². The standard InChI is InChI=1S/C15H15FO2/c1-10-5-3-6-12(9-10)18-15-13(11(2)17)7-4-8-14(15)16/h3-9,11,17H,1-2H3. The van der Waals surface area contributed by atoms with Crippen LogP contribution in [0.3, 0.4) is 0 Å². The van der Waals surface area contributed by atoms with E-state index in [1.807, 2.05) is 25.1 Å². The molecular weight excluding hydrogens is 231 g/mol. The first-order valence-electron chi connectivity index (χ1n) is 5.79. The average molecular weight is 246 g/mol. The molecule has 1 unspecified atom stereocenters. The topological polar surface area (TPSA) is 29.5 Å². The van der Waals surface area contributed by atoms with Crippen LogP contribution in [0, 0.1) is 12.7 Å². The third kappa shape index (κ3) is 2.68. The summed E-state index contributed by atoms with van der Waals surface area (Å²) >= 11 is 0. The second-order valence-electron chi connectivity index (χ2n) is 4.25. The van der Waals surface area contributed by atoms with Gasteiger partial charge in [-0.25, -0.2) is 4.39 Å². The Hall–Kier alpha value is -1.87. The zero-order valence-corrected chi connectivity index (χ0v) is 10.4. The molecule has 0 aliphatic heterocycles. The number of aliphatic hydroxyl groups excluding tert-OH is 1. The molecule has 0 fully saturated rings. The molecule has 1 N–H and O–H groups in total. The number of aryl methyl sites for hydroxylation is 1. The Morgan fingerprint density at radius 2 is 1.89 bits per heavy atom. The van der Waals surface area contributed by atoms with Crippen LogP contribution in [0.15, 0.2) is 42.5 Å². The van der Waals surface area contributed by atoms with Crippen LogP contribution in [0.4, 0.5) is 4.39 Å². The number of aliphatic hydroxyl groups is 1. The summed E-state index contributed by atoms with van der Waals surface area (Å²) in [5.41, 5.74) is 1.47. The minimum absolute atomic E-state index is 0.0816. The van der Waals surface area contributed by atoms with E-state index in [1.165, 1.54) is 6.07 Å². The number of para-hydroxylation sites is 1. The lowest BCUT2D eigenvalue weighted by molar-refractivity contribution is 0.194. The summed E-state index contributed by atoms with van der Waals surface area (Å²) in [6.07, 6.45) is -0.777. The quantitative estimate of drug-likeness (QED) is 0.887. The maximum absolute atomic E-state index is 13.8. The summed E-state index contributed by atoms with van der Waals surface area (Å²) in [6, 6.07) is 11.9. The first-order valence-corrected chi connectivity index (χ1v) is 5.79. The molecule has 0 spiro atoms. The predicted octanol–water partition coefficient (Wildman–Crippen LogP) is 3.98. The molecule has 2 aromatic rings. The molecule has 3 heteroatoms. The van der Waals surface area contributed by atoms with E-state index in [0.717, 1.165) is 5.56 Å². The maximum Gasteiger partial charge on any atom is 0.168 e. The third-order valence-corrected chi connectivity index (χ3v) is 2.66. The molecule has 0 saturated heterocycles. The summed E-state index contributed by atoms with van der Waals surface area (Å²) in [5.74, 6) is 0.162. The number of hydrogen-bond acceptors (Lipinski definition) is 2. The molecule has 0 saturated carbocycles. The summed E-state index contributed by atoms with van der Waals surface area (Å²) < 4.78 is 19.3. The number of rotatable bonds is 3. The van der Waals surface area contributed by atoms with Crippen LogP contribution in [-0.2, 0) is 0 Å². The van der Waals surface area contributed by atoms with Crippen LogP contribution in [0.5, 0.6) is 11.5 Å². The van der Waals surface area contributed by atoms with Crippen molar-refractivity contribution in [2.24, 2.45) is 0 Å². The van der Waals surface area contributed by atoms with E-state index in [-0.39, 0.29) is 5.75 Å². The molecule has 2 rings (SSSR count). The summed E-state index contributed by atoms with van der Waals surface area (Å²) in [5, 5.41) is 9.61. The van der Waals surface area contributed by atoms with Crippen molar-refractivity contribution in [3.05, 3.63) is 59.4 Å². The fraction of sp³-hybridized carbons (Fsp3) is 0.200. The molecule has 0 heterocycles. The summed E-state index contributed by atoms with van der Waals surface area (Å²) in [4.78, 5) is 0. The largest absolute Gasteiger partial charge is 0.454 e. The van der Waals surface area contributed by atoms with E-state index >= 15 is 0 Å². The molecule has 2 nitrogen and oxygen atoms in total. The minimum atomic E-state index is -0.777. The Balaban J connectivity index is 2.39. The van der Waals surface area contributed by atoms with Gasteiger partial charge in [0.05, 0.1) is 6.10 Å². The number of hydrogen-bond donors (Lipinski definition) is 1. The van der Waals surface area contributed by atoms with Gasteiger partial charge in [0.25, 0.3) is 0 Å². The highest BCUT2D eigenvalue weighted by Gasteiger charge is 2.14. The van der Waals surface area contributed by atoms with Gasteiger partial charge in [0.2, 0.25) is 0 Å². The van der Waals surface area contributed by atoms with Gasteiger partial charge in [-0.15, -0.1) is 0 Å². The van der Waals surface area contributed by atoms with Crippen LogP contribution < -0.4 is 4.74 Å². The zero-order valence-electron chi connectivity index (χ0n) is 10.4. The molecule has 18 heavy (non-hydrogen) atoms. The van der Waals surface area contributed by atoms with Crippen molar-refractivity contribution in [3.8, 4) is 11.5 Å². The van der Waals surface area contributed by atoms with Crippen molar-refractivity contribution >= 4 is 0 Å². The monoisotopic (exact) mass is 246 g/mol. The van der Waals surface area contributed by atoms with Crippen LogP contribution >= 0.6 is 0 Å². The average Bonchev–Trinajstić information content (AvgIpc) is 2.31. The van der Waals surface area contributed by atoms with Gasteiger partial charge in [-0.2, -0.15) is 0 Å². The van der Waals surface area contributed by atoms with Crippen molar-refractivity contribution in [1.29, 1.82) is 0 Å². The Bertz CT molecular complexity index is 550. The van der Waals surface area contributed by atoms with Crippen molar-refractivity contribution in [2.45, 2.75) is 20.0 Å². The highest BCUT2D eigenvalue weighted by molar-refractivity contribution is 5.40. The lowest BCUT2D eigenvalue weighted by Crippen LogP contribution is -1.98. The summed E-state index contributed by atoms with van der Waals surface area (Å²) in [6.45, 7) is 3.52. The fourth-order valence-corrected chi connectivity index (χ4v) is 1.76. The Labute approximate surface area is 106 Å². The van der Waals surface area contributed by atoms with Crippen LogP contribution in [0.1, 0.15) is 24.2 Å². The molecule has 0 amide bonds. The number of ether oxygens (including phenoxy) is 1. The molecule has 0 bridgehead atoms. The fourth-order valence-electron chi connectivity index (χ4n) is 1.76. The van der Waals surface area contributed by atoms with Crippen LogP contribution in [0.2, 0.25) is 0 Å². The highest BCUT2D eigenvalue weighted by atomic mass is 19.1. The Morgan fingerprint density at radius 1 is 1.17 bits per heavy atom. The Kier molecular flexibility index (Phi) is 3.63. The zero-order chi connectivity index (χ0) is 13.1. The highest BCUT2D eigenvalue weighted by Crippen LogP contribution is 2.32. The van der Waals surface area contributed by atoms with Gasteiger partial charge in [0.15, 0.2) is 11.6 Å². The van der Waals surface area contributed by atoms with Crippen LogP contribution in [0.25, 0.3) is 0 Å². The van der Waals surface area contributed by atoms with Gasteiger partial charge < -0.3 is 9.84 Å². The molecule has 0 aliphatic rings. The lowest BCUT2D eigenvalue weighted by Gasteiger charge is -2.14. The molecule has 0 radical (unpaired) electrons. The molecule has 0 aromatic heterocycles. The van der Waals surface area contributed by atoms with Gasteiger partial charge in [-0.05, 0) is 37.6 Å². The van der Waals surface area contributed by atoms with Gasteiger partial charge in [0.1, 0.15) is 5.75 Å². The molecule has 0 aliphatic carbocycles. The SMILES string of the molecule is Cc1cccc(Oc2c(F)cccc2C(C)O)c1. The molecule has 94 valence electrons. The van der Waals surface area contributed by atoms with E-state index in [0.29, 0.717) is 11.3 Å². The van der Waals surface area contributed by atoms with Crippen molar-refractivity contribution in [2.75, 3.05) is 0 Å². The van der Waals surface area contributed by atoms with Crippen molar-refractivity contribution < 1.29 is 14.2 Å². The normalized spacial score (nSPS) is 12.2. The first-order chi connectivity index (χ1) is 8.58. The first kappa shape index (κ1) is 12.6. The lowest BCUT2D eigenvalue weighted by atomic mass is 10.1. The molecule has 2 aromatic carbocycles. The number of benzene rings is 2. The second-order valence-corrected chi connectivity index (χ2v) is 4.25. The van der Waals surface area contributed by atoms with E-state index in [1.54, 1.807) is 25.1 Å². The van der Waals surface area contributed by atoms with Crippen LogP contribution in [-0.4, -0.2) is 5.11 Å². The Morgan fingerprint density at radius 3 is 2.56 bits per heavy atom. The van der Waals surface area contributed by atoms with Gasteiger partial charge >= 0.3 is 0 Å². The number of halogens is 1. The van der Waals surface area contributed by atoms with Gasteiger partial charge in [-0.3, -0.25) is 0 Å².